The molecule has 3 aliphatic rings. The molecule has 1 amide bonds. The molecular formula is C40H46ClN3O3S. The van der Waals surface area contributed by atoms with E-state index in [9.17, 15) is 4.79 Å². The van der Waals surface area contributed by atoms with Gasteiger partial charge in [-0.15, -0.1) is 0 Å². The molecule has 252 valence electrons. The summed E-state index contributed by atoms with van der Waals surface area (Å²) in [6.45, 7) is 6.12. The number of nitrogens with zero attached hydrogens (tertiary/aromatic N) is 2. The summed E-state index contributed by atoms with van der Waals surface area (Å²) in [6.07, 6.45) is 9.26. The zero-order chi connectivity index (χ0) is 33.5. The van der Waals surface area contributed by atoms with Crippen LogP contribution in [0.5, 0.6) is 11.5 Å². The van der Waals surface area contributed by atoms with Crippen LogP contribution >= 0.6 is 23.5 Å². The summed E-state index contributed by atoms with van der Waals surface area (Å²) >= 11 is 7.87. The van der Waals surface area contributed by atoms with Gasteiger partial charge in [0.2, 0.25) is 6.41 Å². The zero-order valence-corrected chi connectivity index (χ0v) is 29.5. The first-order valence-electron chi connectivity index (χ1n) is 17.3. The molecule has 7 rings (SSSR count). The summed E-state index contributed by atoms with van der Waals surface area (Å²) in [6, 6.07) is 29.8. The van der Waals surface area contributed by atoms with Crippen LogP contribution in [0.3, 0.4) is 0 Å². The second kappa shape index (κ2) is 16.4. The molecule has 2 aliphatic carbocycles. The number of hydrogen-bond donors (Lipinski definition) is 1. The van der Waals surface area contributed by atoms with E-state index in [0.29, 0.717) is 24.3 Å². The maximum atomic E-state index is 10.1. The summed E-state index contributed by atoms with van der Waals surface area (Å²) in [5, 5.41) is 3.27. The van der Waals surface area contributed by atoms with E-state index in [1.54, 1.807) is 0 Å². The van der Waals surface area contributed by atoms with E-state index >= 15 is 0 Å². The fraction of sp³-hybridized carbons (Fsp3) is 0.400. The molecule has 48 heavy (non-hydrogen) atoms. The Balaban J connectivity index is 0.000000312. The van der Waals surface area contributed by atoms with Gasteiger partial charge >= 0.3 is 0 Å². The molecule has 3 unspecified atom stereocenters. The first-order chi connectivity index (χ1) is 23.4. The largest absolute Gasteiger partial charge is 0.490 e. The second-order valence-electron chi connectivity index (χ2n) is 13.1. The van der Waals surface area contributed by atoms with Crippen LogP contribution in [0.2, 0.25) is 5.02 Å². The highest BCUT2D eigenvalue weighted by molar-refractivity contribution is 7.97. The number of nitrogens with two attached hydrogens (primary N) is 1. The van der Waals surface area contributed by atoms with E-state index in [-0.39, 0.29) is 12.1 Å². The quantitative estimate of drug-likeness (QED) is 0.140. The van der Waals surface area contributed by atoms with Crippen molar-refractivity contribution >= 4 is 46.4 Å². The number of halogens is 1. The van der Waals surface area contributed by atoms with Gasteiger partial charge in [0.05, 0.1) is 6.10 Å². The third-order valence-corrected chi connectivity index (χ3v) is 11.2. The number of carbonyl (C=O) groups is 1. The van der Waals surface area contributed by atoms with Gasteiger partial charge < -0.3 is 15.2 Å². The van der Waals surface area contributed by atoms with E-state index < -0.39 is 0 Å². The molecule has 0 aromatic heterocycles. The molecule has 2 saturated carbocycles. The Hall–Kier alpha value is -3.36. The molecular weight excluding hydrogens is 638 g/mol. The molecule has 0 bridgehead atoms. The number of aliphatic imine (C=N–C) groups is 1. The number of carbonyl (C=O) groups excluding carboxylic acids is 1. The van der Waals surface area contributed by atoms with E-state index in [4.69, 9.17) is 26.8 Å². The topological polar surface area (TPSA) is 77.2 Å². The van der Waals surface area contributed by atoms with E-state index in [0.717, 1.165) is 60.1 Å². The van der Waals surface area contributed by atoms with Crippen LogP contribution in [0.25, 0.3) is 21.9 Å². The minimum Gasteiger partial charge on any atom is -0.490 e. The van der Waals surface area contributed by atoms with Crippen molar-refractivity contribution in [3.8, 4) is 22.6 Å². The lowest BCUT2D eigenvalue weighted by molar-refractivity contribution is -0.106. The van der Waals surface area contributed by atoms with Crippen LogP contribution in [0.15, 0.2) is 94.8 Å². The van der Waals surface area contributed by atoms with Crippen LogP contribution < -0.4 is 15.2 Å². The molecule has 3 atom stereocenters. The number of fused-ring (bicyclic) bond motifs is 1. The first-order valence-corrected chi connectivity index (χ1v) is 18.5. The molecule has 8 heteroatoms. The van der Waals surface area contributed by atoms with Gasteiger partial charge in [0.1, 0.15) is 17.6 Å². The van der Waals surface area contributed by atoms with Crippen molar-refractivity contribution in [2.45, 2.75) is 81.9 Å². The van der Waals surface area contributed by atoms with Crippen molar-refractivity contribution in [2.24, 2.45) is 22.6 Å². The number of piperidine rings is 1. The monoisotopic (exact) mass is 683 g/mol. The van der Waals surface area contributed by atoms with Gasteiger partial charge in [-0.05, 0) is 127 Å². The Morgan fingerprint density at radius 2 is 1.42 bits per heavy atom. The summed E-state index contributed by atoms with van der Waals surface area (Å²) < 4.78 is 15.0. The highest BCUT2D eigenvalue weighted by Crippen LogP contribution is 2.33. The predicted molar refractivity (Wildman–Crippen MR) is 199 cm³/mol. The van der Waals surface area contributed by atoms with Crippen LogP contribution in [-0.4, -0.2) is 47.8 Å². The predicted octanol–water partition coefficient (Wildman–Crippen LogP) is 9.62. The zero-order valence-electron chi connectivity index (χ0n) is 27.9. The number of hydrogen-bond acceptors (Lipinski definition) is 6. The van der Waals surface area contributed by atoms with Gasteiger partial charge in [0.15, 0.2) is 0 Å². The van der Waals surface area contributed by atoms with Gasteiger partial charge in [-0.1, -0.05) is 61.8 Å². The fourth-order valence-electron chi connectivity index (χ4n) is 7.00. The van der Waals surface area contributed by atoms with Gasteiger partial charge in [0.25, 0.3) is 0 Å². The van der Waals surface area contributed by atoms with Crippen LogP contribution in [0.4, 0.5) is 0 Å². The van der Waals surface area contributed by atoms with Gasteiger partial charge in [-0.3, -0.25) is 4.79 Å². The average Bonchev–Trinajstić information content (AvgIpc) is 3.63. The smallest absolute Gasteiger partial charge is 0.232 e. The summed E-state index contributed by atoms with van der Waals surface area (Å²) in [7, 11) is 0. The fourth-order valence-corrected chi connectivity index (χ4v) is 8.13. The van der Waals surface area contributed by atoms with Crippen molar-refractivity contribution in [3.05, 3.63) is 90.0 Å². The van der Waals surface area contributed by atoms with Crippen molar-refractivity contribution in [2.75, 3.05) is 13.1 Å². The lowest BCUT2D eigenvalue weighted by Crippen LogP contribution is -2.55. The van der Waals surface area contributed by atoms with E-state index in [1.807, 2.05) is 43.1 Å². The molecule has 0 radical (unpaired) electrons. The number of amides is 1. The molecule has 1 heterocycles. The molecule has 1 saturated heterocycles. The lowest BCUT2D eigenvalue weighted by atomic mass is 9.68. The molecule has 3 fully saturated rings. The van der Waals surface area contributed by atoms with Crippen LogP contribution in [0, 0.1) is 11.8 Å². The maximum absolute atomic E-state index is 10.1. The molecule has 6 nitrogen and oxygen atoms in total. The number of benzene rings is 4. The number of rotatable bonds is 9. The molecule has 0 spiro atoms. The van der Waals surface area contributed by atoms with E-state index in [1.165, 1.54) is 46.9 Å². The summed E-state index contributed by atoms with van der Waals surface area (Å²) in [4.78, 5) is 15.1. The van der Waals surface area contributed by atoms with Gasteiger partial charge in [0, 0.05) is 46.6 Å². The van der Waals surface area contributed by atoms with Crippen molar-refractivity contribution < 1.29 is 14.3 Å². The Morgan fingerprint density at radius 3 is 2.08 bits per heavy atom. The van der Waals surface area contributed by atoms with Crippen molar-refractivity contribution in [1.82, 2.24) is 4.31 Å². The third kappa shape index (κ3) is 8.61. The van der Waals surface area contributed by atoms with E-state index in [2.05, 4.69) is 76.9 Å². The van der Waals surface area contributed by atoms with Crippen molar-refractivity contribution in [3.63, 3.8) is 0 Å². The third-order valence-electron chi connectivity index (χ3n) is 9.89. The Labute approximate surface area is 294 Å². The first kappa shape index (κ1) is 34.5. The lowest BCUT2D eigenvalue weighted by Gasteiger charge is -2.41. The Bertz CT molecular complexity index is 1680. The minimum atomic E-state index is 0.207. The highest BCUT2D eigenvalue weighted by atomic mass is 35.5. The Morgan fingerprint density at radius 1 is 0.833 bits per heavy atom. The maximum Gasteiger partial charge on any atom is 0.232 e. The van der Waals surface area contributed by atoms with Gasteiger partial charge in [-0.2, -0.15) is 0 Å². The molecule has 2 N–H and O–H groups in total. The highest BCUT2D eigenvalue weighted by Gasteiger charge is 2.40. The van der Waals surface area contributed by atoms with Crippen LogP contribution in [-0.2, 0) is 4.79 Å². The summed E-state index contributed by atoms with van der Waals surface area (Å²) in [5.41, 5.74) is 9.11. The minimum absolute atomic E-state index is 0.207. The molecule has 4 aromatic rings. The second-order valence-corrected chi connectivity index (χ2v) is 14.7. The Kier molecular flexibility index (Phi) is 11.8. The molecule has 1 aliphatic heterocycles. The van der Waals surface area contributed by atoms with Gasteiger partial charge in [-0.25, -0.2) is 9.30 Å². The van der Waals surface area contributed by atoms with Crippen molar-refractivity contribution in [1.29, 1.82) is 0 Å². The molecule has 4 aromatic carbocycles. The average molecular weight is 684 g/mol. The SMILES string of the molecule is CCC1C(=NC=O)C(C)C1N.Clc1ccc(-c2ccc(OC3CCN(Sc4ccc5cc(OC6CCCC6)ccc5c4)CC3)cc2)cc1. The normalized spacial score (nSPS) is 22.6. The number of ether oxygens (including phenoxy) is 2. The standard InChI is InChI=1S/C32H32ClNO2S.C8H14N2O/c33-27-11-5-23(6-12-27)24-7-13-29(14-8-24)35-30-17-19-34(20-18-30)37-32-16-10-25-21-31(15-9-26(25)22-32)36-28-3-1-2-4-28;1-3-6-7(9)5(2)8(6)10-4-11/h5-16,21-22,28,30H,1-4,17-20H2;4-7H,3,9H2,1-2H3. The van der Waals surface area contributed by atoms with Crippen LogP contribution in [0.1, 0.15) is 58.8 Å². The summed E-state index contributed by atoms with van der Waals surface area (Å²) in [5.74, 6) is 2.58.